The summed E-state index contributed by atoms with van der Waals surface area (Å²) in [5.74, 6) is -0.556. The molecule has 1 fully saturated rings. The van der Waals surface area contributed by atoms with Crippen LogP contribution in [0.1, 0.15) is 25.7 Å². The van der Waals surface area contributed by atoms with Crippen LogP contribution in [0.4, 0.5) is 0 Å². The number of ether oxygens (including phenoxy) is 1. The standard InChI is InChI=1S/C16H20N2O4S/c17-10-4-5-13-22-16(19)14-8-11-18(12-9-14)23(20,21)15-6-2-1-3-7-15/h1-3,6-7,14H,4-5,8-9,11-13H2. The van der Waals surface area contributed by atoms with E-state index in [-0.39, 0.29) is 23.4 Å². The average Bonchev–Trinajstić information content (AvgIpc) is 2.59. The minimum Gasteiger partial charge on any atom is -0.465 e. The average molecular weight is 336 g/mol. The second-order valence-corrected chi connectivity index (χ2v) is 7.36. The van der Waals surface area contributed by atoms with Gasteiger partial charge in [0.05, 0.1) is 23.5 Å². The van der Waals surface area contributed by atoms with E-state index in [0.717, 1.165) is 0 Å². The number of unbranched alkanes of at least 4 members (excludes halogenated alkanes) is 1. The fraction of sp³-hybridized carbons (Fsp3) is 0.500. The zero-order valence-corrected chi connectivity index (χ0v) is 13.7. The van der Waals surface area contributed by atoms with E-state index in [9.17, 15) is 13.2 Å². The molecule has 1 heterocycles. The van der Waals surface area contributed by atoms with Crippen LogP contribution in [0.5, 0.6) is 0 Å². The highest BCUT2D eigenvalue weighted by Gasteiger charge is 2.32. The lowest BCUT2D eigenvalue weighted by molar-refractivity contribution is -0.149. The third-order valence-electron chi connectivity index (χ3n) is 3.85. The predicted molar refractivity (Wildman–Crippen MR) is 83.7 cm³/mol. The van der Waals surface area contributed by atoms with Crippen molar-refractivity contribution >= 4 is 16.0 Å². The Labute approximate surface area is 136 Å². The van der Waals surface area contributed by atoms with Gasteiger partial charge >= 0.3 is 5.97 Å². The van der Waals surface area contributed by atoms with Gasteiger partial charge in [-0.1, -0.05) is 18.2 Å². The van der Waals surface area contributed by atoms with Crippen LogP contribution in [0.2, 0.25) is 0 Å². The molecule has 0 amide bonds. The van der Waals surface area contributed by atoms with Crippen LogP contribution >= 0.6 is 0 Å². The summed E-state index contributed by atoms with van der Waals surface area (Å²) < 4.78 is 31.5. The number of benzene rings is 1. The van der Waals surface area contributed by atoms with E-state index in [0.29, 0.717) is 38.8 Å². The maximum absolute atomic E-state index is 12.5. The first-order valence-electron chi connectivity index (χ1n) is 7.64. The van der Waals surface area contributed by atoms with Crippen LogP contribution in [0.25, 0.3) is 0 Å². The van der Waals surface area contributed by atoms with Crippen LogP contribution in [0.3, 0.4) is 0 Å². The van der Waals surface area contributed by atoms with Gasteiger partial charge in [0.2, 0.25) is 10.0 Å². The Morgan fingerprint density at radius 1 is 1.26 bits per heavy atom. The van der Waals surface area contributed by atoms with E-state index in [1.807, 2.05) is 6.07 Å². The highest BCUT2D eigenvalue weighted by atomic mass is 32.2. The van der Waals surface area contributed by atoms with Gasteiger partial charge in [0.1, 0.15) is 0 Å². The highest BCUT2D eigenvalue weighted by molar-refractivity contribution is 7.89. The summed E-state index contributed by atoms with van der Waals surface area (Å²) in [6.45, 7) is 0.874. The van der Waals surface area contributed by atoms with Crippen molar-refractivity contribution in [3.8, 4) is 6.07 Å². The maximum atomic E-state index is 12.5. The molecule has 7 heteroatoms. The minimum atomic E-state index is -3.49. The number of nitriles is 1. The van der Waals surface area contributed by atoms with Gasteiger partial charge in [0.25, 0.3) is 0 Å². The van der Waals surface area contributed by atoms with E-state index in [2.05, 4.69) is 0 Å². The monoisotopic (exact) mass is 336 g/mol. The van der Waals surface area contributed by atoms with E-state index in [1.54, 1.807) is 30.3 Å². The topological polar surface area (TPSA) is 87.5 Å². The Hall–Kier alpha value is -1.91. The molecule has 0 radical (unpaired) electrons. The predicted octanol–water partition coefficient (Wildman–Crippen LogP) is 1.93. The van der Waals surface area contributed by atoms with E-state index in [1.165, 1.54) is 4.31 Å². The molecule has 1 aliphatic heterocycles. The molecule has 2 rings (SSSR count). The van der Waals surface area contributed by atoms with Crippen molar-refractivity contribution in [2.45, 2.75) is 30.6 Å². The molecule has 0 aliphatic carbocycles. The number of rotatable bonds is 6. The van der Waals surface area contributed by atoms with Gasteiger partial charge < -0.3 is 4.74 Å². The summed E-state index contributed by atoms with van der Waals surface area (Å²) in [6.07, 6.45) is 1.82. The number of piperidine rings is 1. The first kappa shape index (κ1) is 17.4. The Morgan fingerprint density at radius 2 is 1.91 bits per heavy atom. The Bertz CT molecular complexity index is 659. The molecule has 1 aromatic carbocycles. The molecule has 0 spiro atoms. The van der Waals surface area contributed by atoms with Gasteiger partial charge in [-0.2, -0.15) is 9.57 Å². The Morgan fingerprint density at radius 3 is 2.52 bits per heavy atom. The van der Waals surface area contributed by atoms with Crippen LogP contribution in [-0.4, -0.2) is 38.4 Å². The van der Waals surface area contributed by atoms with Crippen LogP contribution in [-0.2, 0) is 19.6 Å². The summed E-state index contributed by atoms with van der Waals surface area (Å²) in [6, 6.07) is 10.3. The minimum absolute atomic E-state index is 0.245. The van der Waals surface area contributed by atoms with E-state index in [4.69, 9.17) is 10.00 Å². The Balaban J connectivity index is 1.86. The molecule has 23 heavy (non-hydrogen) atoms. The molecule has 0 saturated carbocycles. The van der Waals surface area contributed by atoms with Gasteiger partial charge in [-0.15, -0.1) is 0 Å². The molecule has 0 N–H and O–H groups in total. The van der Waals surface area contributed by atoms with Crippen molar-refractivity contribution in [2.75, 3.05) is 19.7 Å². The van der Waals surface area contributed by atoms with Crippen molar-refractivity contribution in [1.29, 1.82) is 5.26 Å². The van der Waals surface area contributed by atoms with E-state index < -0.39 is 10.0 Å². The zero-order chi connectivity index (χ0) is 16.7. The maximum Gasteiger partial charge on any atom is 0.309 e. The molecule has 0 bridgehead atoms. The van der Waals surface area contributed by atoms with Crippen LogP contribution in [0, 0.1) is 17.2 Å². The number of nitrogens with zero attached hydrogens (tertiary/aromatic N) is 2. The SMILES string of the molecule is N#CCCCOC(=O)C1CCN(S(=O)(=O)c2ccccc2)CC1. The fourth-order valence-electron chi connectivity index (χ4n) is 2.52. The van der Waals surface area contributed by atoms with Crippen LogP contribution in [0.15, 0.2) is 35.2 Å². The van der Waals surface area contributed by atoms with Gasteiger partial charge in [-0.3, -0.25) is 4.79 Å². The van der Waals surface area contributed by atoms with Gasteiger partial charge in [0, 0.05) is 19.5 Å². The lowest BCUT2D eigenvalue weighted by Gasteiger charge is -2.30. The highest BCUT2D eigenvalue weighted by Crippen LogP contribution is 2.24. The van der Waals surface area contributed by atoms with Crippen LogP contribution < -0.4 is 0 Å². The third-order valence-corrected chi connectivity index (χ3v) is 5.76. The number of hydrogen-bond acceptors (Lipinski definition) is 5. The zero-order valence-electron chi connectivity index (χ0n) is 12.8. The molecular weight excluding hydrogens is 316 g/mol. The molecule has 1 aromatic rings. The van der Waals surface area contributed by atoms with Crippen molar-refractivity contribution in [3.05, 3.63) is 30.3 Å². The second-order valence-electron chi connectivity index (χ2n) is 5.42. The first-order chi connectivity index (χ1) is 11.1. The number of carbonyl (C=O) groups is 1. The normalized spacial score (nSPS) is 16.7. The lowest BCUT2D eigenvalue weighted by Crippen LogP contribution is -2.40. The number of esters is 1. The summed E-state index contributed by atoms with van der Waals surface area (Å²) in [5, 5.41) is 8.43. The van der Waals surface area contributed by atoms with Gasteiger partial charge in [0.15, 0.2) is 0 Å². The molecule has 0 aromatic heterocycles. The van der Waals surface area contributed by atoms with Crippen molar-refractivity contribution in [2.24, 2.45) is 5.92 Å². The molecule has 124 valence electrons. The molecular formula is C16H20N2O4S. The third kappa shape index (κ3) is 4.53. The van der Waals surface area contributed by atoms with Gasteiger partial charge in [-0.25, -0.2) is 8.42 Å². The summed E-state index contributed by atoms with van der Waals surface area (Å²) in [5.41, 5.74) is 0. The quantitative estimate of drug-likeness (QED) is 0.585. The number of hydrogen-bond donors (Lipinski definition) is 0. The molecule has 0 atom stereocenters. The summed E-state index contributed by atoms with van der Waals surface area (Å²) >= 11 is 0. The summed E-state index contributed by atoms with van der Waals surface area (Å²) in [7, 11) is -3.49. The fourth-order valence-corrected chi connectivity index (χ4v) is 4.01. The van der Waals surface area contributed by atoms with E-state index >= 15 is 0 Å². The van der Waals surface area contributed by atoms with Crippen molar-refractivity contribution in [3.63, 3.8) is 0 Å². The largest absolute Gasteiger partial charge is 0.465 e. The second kappa shape index (κ2) is 8.09. The molecule has 0 unspecified atom stereocenters. The summed E-state index contributed by atoms with van der Waals surface area (Å²) in [4.78, 5) is 12.2. The molecule has 6 nitrogen and oxygen atoms in total. The number of sulfonamides is 1. The first-order valence-corrected chi connectivity index (χ1v) is 9.08. The molecule has 1 saturated heterocycles. The molecule has 1 aliphatic rings. The van der Waals surface area contributed by atoms with Crippen molar-refractivity contribution in [1.82, 2.24) is 4.31 Å². The number of carbonyl (C=O) groups excluding carboxylic acids is 1. The smallest absolute Gasteiger partial charge is 0.309 e. The van der Waals surface area contributed by atoms with Crippen molar-refractivity contribution < 1.29 is 17.9 Å². The lowest BCUT2D eigenvalue weighted by atomic mass is 9.98. The van der Waals surface area contributed by atoms with Gasteiger partial charge in [-0.05, 0) is 31.4 Å². The Kier molecular flexibility index (Phi) is 6.13.